The van der Waals surface area contributed by atoms with Crippen LogP contribution in [-0.2, 0) is 20.7 Å². The number of aryl methyl sites for hydroxylation is 2. The first kappa shape index (κ1) is 27.5. The van der Waals surface area contributed by atoms with Gasteiger partial charge in [0.05, 0.1) is 0 Å². The average Bonchev–Trinajstić information content (AvgIpc) is 3.14. The normalized spacial score (nSPS) is 14.1. The van der Waals surface area contributed by atoms with Gasteiger partial charge in [-0.25, -0.2) is 14.5 Å². The van der Waals surface area contributed by atoms with Gasteiger partial charge in [0.2, 0.25) is 0 Å². The van der Waals surface area contributed by atoms with Gasteiger partial charge in [0.1, 0.15) is 11.6 Å². The van der Waals surface area contributed by atoms with Gasteiger partial charge in [-0.1, -0.05) is 47.5 Å². The van der Waals surface area contributed by atoms with Crippen molar-refractivity contribution in [3.8, 4) is 0 Å². The molecule has 36 heavy (non-hydrogen) atoms. The fourth-order valence-electron chi connectivity index (χ4n) is 3.70. The Hall–Kier alpha value is -3.11. The average molecular weight is 543 g/mol. The van der Waals surface area contributed by atoms with E-state index in [-0.39, 0.29) is 17.6 Å². The van der Waals surface area contributed by atoms with Crippen molar-refractivity contribution in [2.75, 3.05) is 0 Å². The van der Waals surface area contributed by atoms with E-state index in [1.54, 1.807) is 43.3 Å². The molecule has 1 aromatic heterocycles. The van der Waals surface area contributed by atoms with Crippen LogP contribution in [0, 0.1) is 13.8 Å². The van der Waals surface area contributed by atoms with Crippen LogP contribution in [0.1, 0.15) is 41.8 Å². The molecule has 192 valence electrons. The Morgan fingerprint density at radius 3 is 2.08 bits per heavy atom. The highest BCUT2D eigenvalue weighted by atomic mass is 35.5. The van der Waals surface area contributed by atoms with Crippen molar-refractivity contribution in [3.05, 3.63) is 81.4 Å². The van der Waals surface area contributed by atoms with Crippen molar-refractivity contribution in [2.45, 2.75) is 51.6 Å². The van der Waals surface area contributed by atoms with Crippen LogP contribution >= 0.6 is 23.2 Å². The van der Waals surface area contributed by atoms with Gasteiger partial charge in [-0.05, 0) is 62.6 Å². The van der Waals surface area contributed by atoms with E-state index in [1.165, 1.54) is 13.8 Å². The van der Waals surface area contributed by atoms with Crippen molar-refractivity contribution >= 4 is 35.1 Å². The lowest BCUT2D eigenvalue weighted by molar-refractivity contribution is -0.210. The predicted octanol–water partition coefficient (Wildman–Crippen LogP) is 5.34. The lowest BCUT2D eigenvalue weighted by atomic mass is 9.86. The number of hydrogen-bond acceptors (Lipinski definition) is 5. The van der Waals surface area contributed by atoms with E-state index >= 15 is 0 Å². The number of aromatic nitrogens is 3. The third kappa shape index (κ3) is 6.98. The third-order valence-corrected chi connectivity index (χ3v) is 5.95. The highest BCUT2D eigenvalue weighted by Crippen LogP contribution is 2.28. The van der Waals surface area contributed by atoms with Crippen LogP contribution in [0.25, 0.3) is 0 Å². The summed E-state index contributed by atoms with van der Waals surface area (Å²) >= 11 is 12.0. The third-order valence-electron chi connectivity index (χ3n) is 5.44. The first-order valence-corrected chi connectivity index (χ1v) is 11.6. The van der Waals surface area contributed by atoms with Gasteiger partial charge in [0.15, 0.2) is 0 Å². The zero-order valence-electron chi connectivity index (χ0n) is 19.5. The SMILES string of the molecule is Cc1nc(C)n(C(OC(=O)C(F)(F)F)C(=O)NC(C)C(Cc2ccc(Cl)cc2)c2ccc(Cl)cc2)n1. The summed E-state index contributed by atoms with van der Waals surface area (Å²) in [6.45, 7) is 4.63. The number of amides is 1. The zero-order valence-corrected chi connectivity index (χ0v) is 21.0. The van der Waals surface area contributed by atoms with E-state index in [1.807, 2.05) is 12.1 Å². The Bertz CT molecular complexity index is 1210. The molecule has 0 aliphatic carbocycles. The number of esters is 1. The molecular weight excluding hydrogens is 520 g/mol. The van der Waals surface area contributed by atoms with E-state index in [2.05, 4.69) is 20.1 Å². The lowest BCUT2D eigenvalue weighted by Gasteiger charge is -2.28. The molecule has 1 heterocycles. The fourth-order valence-corrected chi connectivity index (χ4v) is 3.96. The van der Waals surface area contributed by atoms with Crippen LogP contribution in [0.15, 0.2) is 48.5 Å². The van der Waals surface area contributed by atoms with Crippen molar-refractivity contribution in [2.24, 2.45) is 0 Å². The summed E-state index contributed by atoms with van der Waals surface area (Å²) in [5.74, 6) is -3.51. The molecule has 3 atom stereocenters. The topological polar surface area (TPSA) is 86.1 Å². The fraction of sp³-hybridized carbons (Fsp3) is 0.333. The van der Waals surface area contributed by atoms with Gasteiger partial charge in [-0.2, -0.15) is 18.3 Å². The highest BCUT2D eigenvalue weighted by Gasteiger charge is 2.44. The Morgan fingerprint density at radius 1 is 1.03 bits per heavy atom. The minimum atomic E-state index is -5.30. The monoisotopic (exact) mass is 542 g/mol. The molecule has 0 bridgehead atoms. The maximum absolute atomic E-state index is 13.2. The second kappa shape index (κ2) is 11.3. The van der Waals surface area contributed by atoms with Crippen LogP contribution in [0.4, 0.5) is 13.2 Å². The number of nitrogens with zero attached hydrogens (tertiary/aromatic N) is 3. The summed E-state index contributed by atoms with van der Waals surface area (Å²) in [5.41, 5.74) is 1.75. The van der Waals surface area contributed by atoms with E-state index in [4.69, 9.17) is 23.2 Å². The van der Waals surface area contributed by atoms with Crippen LogP contribution < -0.4 is 5.32 Å². The number of hydrogen-bond donors (Lipinski definition) is 1. The van der Waals surface area contributed by atoms with E-state index in [9.17, 15) is 22.8 Å². The predicted molar refractivity (Wildman–Crippen MR) is 128 cm³/mol. The first-order valence-electron chi connectivity index (χ1n) is 10.8. The molecule has 0 saturated carbocycles. The molecule has 0 radical (unpaired) electrons. The summed E-state index contributed by atoms with van der Waals surface area (Å²) < 4.78 is 44.2. The van der Waals surface area contributed by atoms with Crippen LogP contribution in [0.3, 0.4) is 0 Å². The molecule has 2 aromatic carbocycles. The summed E-state index contributed by atoms with van der Waals surface area (Å²) in [6, 6.07) is 13.6. The number of carbonyl (C=O) groups excluding carboxylic acids is 2. The van der Waals surface area contributed by atoms with Crippen LogP contribution in [-0.4, -0.2) is 38.9 Å². The summed E-state index contributed by atoms with van der Waals surface area (Å²) in [7, 11) is 0. The highest BCUT2D eigenvalue weighted by molar-refractivity contribution is 6.30. The smallest absolute Gasteiger partial charge is 0.423 e. The number of ether oxygens (including phenoxy) is 1. The molecule has 3 rings (SSSR count). The van der Waals surface area contributed by atoms with Gasteiger partial charge < -0.3 is 10.1 Å². The summed E-state index contributed by atoms with van der Waals surface area (Å²) in [5, 5.41) is 7.71. The number of halogens is 5. The Labute approximate surface area is 215 Å². The molecule has 12 heteroatoms. The molecule has 0 saturated heterocycles. The molecule has 3 unspecified atom stereocenters. The van der Waals surface area contributed by atoms with Gasteiger partial charge in [0.25, 0.3) is 12.1 Å². The molecule has 0 aliphatic rings. The van der Waals surface area contributed by atoms with E-state index in [0.29, 0.717) is 16.5 Å². The zero-order chi connectivity index (χ0) is 26.6. The second-order valence-electron chi connectivity index (χ2n) is 8.19. The molecule has 1 N–H and O–H groups in total. The van der Waals surface area contributed by atoms with Gasteiger partial charge >= 0.3 is 12.1 Å². The van der Waals surface area contributed by atoms with Crippen molar-refractivity contribution in [1.82, 2.24) is 20.1 Å². The molecule has 0 spiro atoms. The van der Waals surface area contributed by atoms with Gasteiger partial charge in [-0.15, -0.1) is 0 Å². The largest absolute Gasteiger partial charge is 0.491 e. The number of carbonyl (C=O) groups is 2. The number of nitrogens with one attached hydrogen (secondary N) is 1. The summed E-state index contributed by atoms with van der Waals surface area (Å²) in [4.78, 5) is 28.8. The molecule has 3 aromatic rings. The standard InChI is InChI=1S/C24H23Cl2F3N4O3/c1-13(20(17-6-10-19(26)11-7-17)12-16-4-8-18(25)9-5-16)30-21(34)22(36-23(35)24(27,28)29)33-15(3)31-14(2)32-33/h4-11,13,20,22H,12H2,1-3H3,(H,30,34). The molecule has 7 nitrogen and oxygen atoms in total. The Kier molecular flexibility index (Phi) is 8.63. The summed E-state index contributed by atoms with van der Waals surface area (Å²) in [6.07, 6.45) is -6.84. The van der Waals surface area contributed by atoms with E-state index < -0.39 is 30.3 Å². The minimum Gasteiger partial charge on any atom is -0.423 e. The Morgan fingerprint density at radius 2 is 1.58 bits per heavy atom. The lowest BCUT2D eigenvalue weighted by Crippen LogP contribution is -2.44. The second-order valence-corrected chi connectivity index (χ2v) is 9.06. The first-order chi connectivity index (χ1) is 16.8. The molecule has 0 aliphatic heterocycles. The van der Waals surface area contributed by atoms with Crippen LogP contribution in [0.2, 0.25) is 10.0 Å². The molecular formula is C24H23Cl2F3N4O3. The maximum atomic E-state index is 13.2. The van der Waals surface area contributed by atoms with E-state index in [0.717, 1.165) is 15.8 Å². The Balaban J connectivity index is 1.90. The number of alkyl halides is 3. The van der Waals surface area contributed by atoms with Gasteiger partial charge in [-0.3, -0.25) is 4.79 Å². The van der Waals surface area contributed by atoms with Crippen molar-refractivity contribution in [3.63, 3.8) is 0 Å². The number of rotatable bonds is 8. The van der Waals surface area contributed by atoms with Crippen molar-refractivity contribution < 1.29 is 27.5 Å². The van der Waals surface area contributed by atoms with Crippen molar-refractivity contribution in [1.29, 1.82) is 0 Å². The maximum Gasteiger partial charge on any atom is 0.491 e. The van der Waals surface area contributed by atoms with Crippen LogP contribution in [0.5, 0.6) is 0 Å². The minimum absolute atomic E-state index is 0.102. The van der Waals surface area contributed by atoms with Gasteiger partial charge in [0, 0.05) is 22.0 Å². The number of benzene rings is 2. The molecule has 1 amide bonds. The molecule has 0 fully saturated rings. The quantitative estimate of drug-likeness (QED) is 0.388.